The first-order valence-electron chi connectivity index (χ1n) is 4.98. The summed E-state index contributed by atoms with van der Waals surface area (Å²) in [5, 5.41) is 0. The highest BCUT2D eigenvalue weighted by molar-refractivity contribution is 5.95. The van der Waals surface area contributed by atoms with Crippen molar-refractivity contribution < 1.29 is 9.59 Å². The molecule has 1 spiro atoms. The van der Waals surface area contributed by atoms with Crippen LogP contribution in [0.5, 0.6) is 0 Å². The molecule has 1 atom stereocenters. The molecule has 2 rings (SSSR count). The highest BCUT2D eigenvalue weighted by atomic mass is 16.1. The van der Waals surface area contributed by atoms with Crippen molar-refractivity contribution in [1.29, 1.82) is 0 Å². The minimum Gasteiger partial charge on any atom is -0.299 e. The first-order valence-corrected chi connectivity index (χ1v) is 4.98. The van der Waals surface area contributed by atoms with Gasteiger partial charge in [0.25, 0.3) is 0 Å². The Bertz CT molecular complexity index is 278. The summed E-state index contributed by atoms with van der Waals surface area (Å²) in [5.41, 5.74) is -0.244. The predicted octanol–water partition coefficient (Wildman–Crippen LogP) is 2.04. The summed E-state index contributed by atoms with van der Waals surface area (Å²) in [5.74, 6) is 0.520. The molecule has 0 unspecified atom stereocenters. The number of Topliss-reactive ketones (excluding diaryl/α,β-unsaturated/α-hetero) is 1. The Morgan fingerprint density at radius 2 is 1.92 bits per heavy atom. The minimum atomic E-state index is -0.244. The first kappa shape index (κ1) is 8.67. The van der Waals surface area contributed by atoms with Crippen molar-refractivity contribution in [3.05, 3.63) is 12.2 Å². The molecule has 0 radical (unpaired) electrons. The number of rotatable bonds is 0. The van der Waals surface area contributed by atoms with Crippen LogP contribution in [0.4, 0.5) is 0 Å². The van der Waals surface area contributed by atoms with Gasteiger partial charge in [0.15, 0.2) is 5.78 Å². The highest BCUT2D eigenvalue weighted by Crippen LogP contribution is 2.40. The van der Waals surface area contributed by atoms with Gasteiger partial charge in [-0.25, -0.2) is 0 Å². The van der Waals surface area contributed by atoms with E-state index in [4.69, 9.17) is 0 Å². The molecule has 70 valence electrons. The average Bonchev–Trinajstić information content (AvgIpc) is 2.15. The lowest BCUT2D eigenvalue weighted by atomic mass is 9.68. The second-order valence-corrected chi connectivity index (χ2v) is 4.09. The third-order valence-corrected chi connectivity index (χ3v) is 3.24. The van der Waals surface area contributed by atoms with Crippen molar-refractivity contribution in [2.45, 2.75) is 38.5 Å². The third kappa shape index (κ3) is 1.45. The van der Waals surface area contributed by atoms with Gasteiger partial charge in [0, 0.05) is 18.3 Å². The second kappa shape index (κ2) is 3.09. The van der Waals surface area contributed by atoms with Crippen molar-refractivity contribution in [1.82, 2.24) is 0 Å². The molecule has 2 heteroatoms. The fraction of sp³-hybridized carbons (Fsp3) is 0.636. The lowest BCUT2D eigenvalue weighted by molar-refractivity contribution is -0.129. The summed E-state index contributed by atoms with van der Waals surface area (Å²) in [7, 11) is 0. The summed E-state index contributed by atoms with van der Waals surface area (Å²) in [6.07, 6.45) is 8.59. The molecule has 0 heterocycles. The van der Waals surface area contributed by atoms with E-state index >= 15 is 0 Å². The van der Waals surface area contributed by atoms with Gasteiger partial charge in [0.1, 0.15) is 5.78 Å². The quantitative estimate of drug-likeness (QED) is 0.568. The van der Waals surface area contributed by atoms with Crippen LogP contribution in [0.3, 0.4) is 0 Å². The smallest absolute Gasteiger partial charge is 0.155 e. The van der Waals surface area contributed by atoms with Gasteiger partial charge in [0.05, 0.1) is 0 Å². The predicted molar refractivity (Wildman–Crippen MR) is 49.3 cm³/mol. The molecular weight excluding hydrogens is 164 g/mol. The van der Waals surface area contributed by atoms with Gasteiger partial charge in [0.2, 0.25) is 0 Å². The van der Waals surface area contributed by atoms with Crippen LogP contribution in [-0.4, -0.2) is 11.6 Å². The molecule has 1 saturated carbocycles. The zero-order valence-electron chi connectivity index (χ0n) is 7.71. The van der Waals surface area contributed by atoms with E-state index in [1.54, 1.807) is 6.08 Å². The van der Waals surface area contributed by atoms with E-state index in [9.17, 15) is 9.59 Å². The average molecular weight is 178 g/mol. The van der Waals surface area contributed by atoms with Gasteiger partial charge in [-0.1, -0.05) is 12.5 Å². The summed E-state index contributed by atoms with van der Waals surface area (Å²) >= 11 is 0. The molecule has 0 aliphatic heterocycles. The molecule has 0 amide bonds. The molecule has 0 saturated heterocycles. The molecule has 2 aliphatic carbocycles. The van der Waals surface area contributed by atoms with Crippen molar-refractivity contribution >= 4 is 11.6 Å². The van der Waals surface area contributed by atoms with Crippen LogP contribution in [0, 0.1) is 5.41 Å². The highest BCUT2D eigenvalue weighted by Gasteiger charge is 2.38. The van der Waals surface area contributed by atoms with E-state index in [2.05, 4.69) is 0 Å². The summed E-state index contributed by atoms with van der Waals surface area (Å²) in [6.45, 7) is 0. The van der Waals surface area contributed by atoms with Crippen LogP contribution >= 0.6 is 0 Å². The first-order chi connectivity index (χ1) is 6.23. The number of carbonyl (C=O) groups is 2. The Morgan fingerprint density at radius 3 is 2.54 bits per heavy atom. The van der Waals surface area contributed by atoms with Gasteiger partial charge < -0.3 is 0 Å². The molecule has 0 aromatic carbocycles. The molecule has 1 fully saturated rings. The Balaban J connectivity index is 2.23. The van der Waals surface area contributed by atoms with Crippen molar-refractivity contribution in [3.8, 4) is 0 Å². The summed E-state index contributed by atoms with van der Waals surface area (Å²) < 4.78 is 0. The Morgan fingerprint density at radius 1 is 1.08 bits per heavy atom. The monoisotopic (exact) mass is 178 g/mol. The summed E-state index contributed by atoms with van der Waals surface area (Å²) in [4.78, 5) is 22.7. The number of hydrogen-bond donors (Lipinski definition) is 0. The van der Waals surface area contributed by atoms with Crippen LogP contribution in [0.2, 0.25) is 0 Å². The van der Waals surface area contributed by atoms with Gasteiger partial charge in [-0.05, 0) is 25.3 Å². The van der Waals surface area contributed by atoms with Crippen LogP contribution in [0.1, 0.15) is 38.5 Å². The van der Waals surface area contributed by atoms with Crippen molar-refractivity contribution in [3.63, 3.8) is 0 Å². The molecule has 2 aliphatic rings. The van der Waals surface area contributed by atoms with E-state index in [0.717, 1.165) is 25.7 Å². The Labute approximate surface area is 78.0 Å². The fourth-order valence-corrected chi connectivity index (χ4v) is 2.32. The third-order valence-electron chi connectivity index (χ3n) is 3.24. The molecule has 0 aromatic rings. The standard InChI is InChI=1S/C11H14O2/c12-9-4-7-11(8-5-9)6-2-1-3-10(11)13/h4,7H,1-3,5-6,8H2/t11-/m0/s1. The number of allylic oxidation sites excluding steroid dienone is 2. The van der Waals surface area contributed by atoms with Crippen molar-refractivity contribution in [2.24, 2.45) is 5.41 Å². The Hall–Kier alpha value is -0.920. The minimum absolute atomic E-state index is 0.170. The van der Waals surface area contributed by atoms with E-state index in [0.29, 0.717) is 18.6 Å². The fourth-order valence-electron chi connectivity index (χ4n) is 2.32. The van der Waals surface area contributed by atoms with E-state index < -0.39 is 0 Å². The van der Waals surface area contributed by atoms with E-state index in [1.807, 2.05) is 6.08 Å². The normalized spacial score (nSPS) is 34.2. The molecule has 0 N–H and O–H groups in total. The lowest BCUT2D eigenvalue weighted by Crippen LogP contribution is -2.34. The van der Waals surface area contributed by atoms with Crippen molar-refractivity contribution in [2.75, 3.05) is 0 Å². The molecule has 0 aromatic heterocycles. The van der Waals surface area contributed by atoms with Gasteiger partial charge in [-0.2, -0.15) is 0 Å². The van der Waals surface area contributed by atoms with E-state index in [1.165, 1.54) is 0 Å². The zero-order valence-corrected chi connectivity index (χ0v) is 7.71. The van der Waals surface area contributed by atoms with Crippen LogP contribution < -0.4 is 0 Å². The molecular formula is C11H14O2. The lowest BCUT2D eigenvalue weighted by Gasteiger charge is -2.34. The number of ketones is 2. The topological polar surface area (TPSA) is 34.1 Å². The Kier molecular flexibility index (Phi) is 2.06. The summed E-state index contributed by atoms with van der Waals surface area (Å²) in [6, 6.07) is 0. The second-order valence-electron chi connectivity index (χ2n) is 4.09. The molecule has 13 heavy (non-hydrogen) atoms. The largest absolute Gasteiger partial charge is 0.299 e. The van der Waals surface area contributed by atoms with Gasteiger partial charge >= 0.3 is 0 Å². The number of hydrogen-bond acceptors (Lipinski definition) is 2. The van der Waals surface area contributed by atoms with Gasteiger partial charge in [-0.15, -0.1) is 0 Å². The molecule has 2 nitrogen and oxygen atoms in total. The van der Waals surface area contributed by atoms with Crippen LogP contribution in [0.25, 0.3) is 0 Å². The van der Waals surface area contributed by atoms with Crippen LogP contribution in [-0.2, 0) is 9.59 Å². The zero-order chi connectivity index (χ0) is 9.31. The van der Waals surface area contributed by atoms with Gasteiger partial charge in [-0.3, -0.25) is 9.59 Å². The maximum Gasteiger partial charge on any atom is 0.155 e. The SMILES string of the molecule is O=C1C=C[C@@]2(CCCCC2=O)CC1. The van der Waals surface area contributed by atoms with E-state index in [-0.39, 0.29) is 11.2 Å². The maximum absolute atomic E-state index is 11.7. The maximum atomic E-state index is 11.7. The molecule has 0 bridgehead atoms. The number of carbonyl (C=O) groups excluding carboxylic acids is 2. The van der Waals surface area contributed by atoms with Crippen LogP contribution in [0.15, 0.2) is 12.2 Å².